The topological polar surface area (TPSA) is 17.1 Å². The van der Waals surface area contributed by atoms with Crippen LogP contribution in [-0.4, -0.2) is 5.78 Å². The van der Waals surface area contributed by atoms with E-state index >= 15 is 0 Å². The largest absolute Gasteiger partial charge is 0.294 e. The van der Waals surface area contributed by atoms with E-state index in [1.165, 1.54) is 10.4 Å². The van der Waals surface area contributed by atoms with E-state index in [4.69, 9.17) is 0 Å². The first-order valence-electron chi connectivity index (χ1n) is 5.90. The molecule has 1 aliphatic carbocycles. The summed E-state index contributed by atoms with van der Waals surface area (Å²) < 4.78 is 0. The summed E-state index contributed by atoms with van der Waals surface area (Å²) in [6.07, 6.45) is 1.01. The normalized spacial score (nSPS) is 22.4. The van der Waals surface area contributed by atoms with Crippen LogP contribution >= 0.6 is 11.3 Å². The minimum atomic E-state index is 0.214. The number of hydrogen-bond donors (Lipinski definition) is 0. The van der Waals surface area contributed by atoms with Gasteiger partial charge in [-0.15, -0.1) is 11.3 Å². The molecular formula is C15H14OS. The van der Waals surface area contributed by atoms with Crippen LogP contribution in [0, 0.1) is 12.8 Å². The number of carbonyl (C=O) groups excluding carboxylic acids is 1. The number of carbonyl (C=O) groups is 1. The van der Waals surface area contributed by atoms with E-state index in [-0.39, 0.29) is 5.92 Å². The molecule has 0 bridgehead atoms. The first kappa shape index (κ1) is 10.7. The number of rotatable bonds is 3. The molecule has 1 heterocycles. The highest BCUT2D eigenvalue weighted by molar-refractivity contribution is 7.10. The summed E-state index contributed by atoms with van der Waals surface area (Å²) in [6.45, 7) is 2.04. The maximum absolute atomic E-state index is 12.2. The van der Waals surface area contributed by atoms with Crippen LogP contribution < -0.4 is 0 Å². The van der Waals surface area contributed by atoms with Crippen LogP contribution in [0.25, 0.3) is 0 Å². The van der Waals surface area contributed by atoms with Gasteiger partial charge in [0.1, 0.15) is 0 Å². The highest BCUT2D eigenvalue weighted by atomic mass is 32.1. The van der Waals surface area contributed by atoms with Crippen LogP contribution in [0.5, 0.6) is 0 Å². The Morgan fingerprint density at radius 3 is 2.71 bits per heavy atom. The number of benzene rings is 1. The Balaban J connectivity index is 1.75. The van der Waals surface area contributed by atoms with Crippen molar-refractivity contribution in [1.29, 1.82) is 0 Å². The van der Waals surface area contributed by atoms with Gasteiger partial charge in [-0.25, -0.2) is 0 Å². The highest BCUT2D eigenvalue weighted by Gasteiger charge is 2.43. The molecule has 0 N–H and O–H groups in total. The molecule has 2 unspecified atom stereocenters. The van der Waals surface area contributed by atoms with Crippen molar-refractivity contribution in [2.75, 3.05) is 0 Å². The van der Waals surface area contributed by atoms with E-state index in [0.29, 0.717) is 11.7 Å². The SMILES string of the molecule is Cc1cc(C(=O)C2CC2c2ccccc2)cs1. The molecule has 0 amide bonds. The maximum Gasteiger partial charge on any atom is 0.167 e. The van der Waals surface area contributed by atoms with Crippen LogP contribution in [0.3, 0.4) is 0 Å². The summed E-state index contributed by atoms with van der Waals surface area (Å²) in [5.74, 6) is 0.985. The lowest BCUT2D eigenvalue weighted by Gasteiger charge is -1.98. The minimum absolute atomic E-state index is 0.214. The molecule has 1 aromatic carbocycles. The van der Waals surface area contributed by atoms with Crippen molar-refractivity contribution in [1.82, 2.24) is 0 Å². The quantitative estimate of drug-likeness (QED) is 0.742. The van der Waals surface area contributed by atoms with Gasteiger partial charge >= 0.3 is 0 Å². The zero-order valence-electron chi connectivity index (χ0n) is 9.72. The maximum atomic E-state index is 12.2. The van der Waals surface area contributed by atoms with Gasteiger partial charge in [-0.3, -0.25) is 4.79 Å². The molecule has 2 heteroatoms. The van der Waals surface area contributed by atoms with E-state index < -0.39 is 0 Å². The van der Waals surface area contributed by atoms with Gasteiger partial charge in [-0.1, -0.05) is 30.3 Å². The lowest BCUT2D eigenvalue weighted by Crippen LogP contribution is -2.01. The molecule has 3 rings (SSSR count). The summed E-state index contributed by atoms with van der Waals surface area (Å²) in [7, 11) is 0. The summed E-state index contributed by atoms with van der Waals surface area (Å²) >= 11 is 1.65. The van der Waals surface area contributed by atoms with Gasteiger partial charge in [-0.2, -0.15) is 0 Å². The lowest BCUT2D eigenvalue weighted by molar-refractivity contribution is 0.0965. The summed E-state index contributed by atoms with van der Waals surface area (Å²) in [4.78, 5) is 13.4. The highest BCUT2D eigenvalue weighted by Crippen LogP contribution is 2.49. The Morgan fingerprint density at radius 1 is 1.29 bits per heavy atom. The number of aryl methyl sites for hydroxylation is 1. The zero-order valence-corrected chi connectivity index (χ0v) is 10.5. The molecule has 0 radical (unpaired) electrons. The van der Waals surface area contributed by atoms with Gasteiger partial charge in [0.05, 0.1) is 0 Å². The predicted octanol–water partition coefficient (Wildman–Crippen LogP) is 4.04. The first-order valence-corrected chi connectivity index (χ1v) is 6.78. The molecule has 1 aliphatic rings. The number of ketones is 1. The second-order valence-corrected chi connectivity index (χ2v) is 5.79. The molecule has 2 atom stereocenters. The average Bonchev–Trinajstić information content (AvgIpc) is 3.05. The zero-order chi connectivity index (χ0) is 11.8. The van der Waals surface area contributed by atoms with Crippen molar-refractivity contribution in [3.05, 3.63) is 57.8 Å². The molecule has 1 nitrogen and oxygen atoms in total. The van der Waals surface area contributed by atoms with E-state index in [1.54, 1.807) is 11.3 Å². The molecule has 0 aliphatic heterocycles. The van der Waals surface area contributed by atoms with Crippen molar-refractivity contribution in [2.45, 2.75) is 19.3 Å². The first-order chi connectivity index (χ1) is 8.25. The van der Waals surface area contributed by atoms with Crippen molar-refractivity contribution < 1.29 is 4.79 Å². The molecule has 2 aromatic rings. The van der Waals surface area contributed by atoms with Crippen LogP contribution in [0.1, 0.15) is 33.1 Å². The third-order valence-electron chi connectivity index (χ3n) is 3.37. The molecule has 0 spiro atoms. The summed E-state index contributed by atoms with van der Waals surface area (Å²) in [5.41, 5.74) is 2.20. The standard InChI is InChI=1S/C15H14OS/c1-10-7-12(9-17-10)15(16)14-8-13(14)11-5-3-2-4-6-11/h2-7,9,13-14H,8H2,1H3. The number of Topliss-reactive ketones (excluding diaryl/α,β-unsaturated/α-hetero) is 1. The lowest BCUT2D eigenvalue weighted by atomic mass is 10.0. The van der Waals surface area contributed by atoms with Crippen molar-refractivity contribution in [3.8, 4) is 0 Å². The third-order valence-corrected chi connectivity index (χ3v) is 4.23. The Labute approximate surface area is 105 Å². The van der Waals surface area contributed by atoms with Crippen LogP contribution in [0.15, 0.2) is 41.8 Å². The Bertz CT molecular complexity index is 541. The molecular weight excluding hydrogens is 228 g/mol. The fraction of sp³-hybridized carbons (Fsp3) is 0.267. The second kappa shape index (κ2) is 4.11. The van der Waals surface area contributed by atoms with E-state index in [9.17, 15) is 4.79 Å². The number of thiophene rings is 1. The van der Waals surface area contributed by atoms with Crippen LogP contribution in [0.4, 0.5) is 0 Å². The monoisotopic (exact) mass is 242 g/mol. The van der Waals surface area contributed by atoms with E-state index in [0.717, 1.165) is 12.0 Å². The van der Waals surface area contributed by atoms with Gasteiger partial charge < -0.3 is 0 Å². The third kappa shape index (κ3) is 2.05. The molecule has 1 aromatic heterocycles. The van der Waals surface area contributed by atoms with E-state index in [1.807, 2.05) is 36.6 Å². The van der Waals surface area contributed by atoms with Crippen LogP contribution in [0.2, 0.25) is 0 Å². The molecule has 1 fully saturated rings. The van der Waals surface area contributed by atoms with Crippen LogP contribution in [-0.2, 0) is 0 Å². The number of hydrogen-bond acceptors (Lipinski definition) is 2. The Kier molecular flexibility index (Phi) is 2.60. The average molecular weight is 242 g/mol. The summed E-state index contributed by atoms with van der Waals surface area (Å²) in [6, 6.07) is 12.4. The predicted molar refractivity (Wildman–Crippen MR) is 70.7 cm³/mol. The van der Waals surface area contributed by atoms with Gasteiger partial charge in [0.25, 0.3) is 0 Å². The molecule has 1 saturated carbocycles. The summed E-state index contributed by atoms with van der Waals surface area (Å²) in [5, 5.41) is 1.98. The molecule has 86 valence electrons. The molecule has 17 heavy (non-hydrogen) atoms. The second-order valence-electron chi connectivity index (χ2n) is 4.67. The van der Waals surface area contributed by atoms with Gasteiger partial charge in [0.15, 0.2) is 5.78 Å². The van der Waals surface area contributed by atoms with E-state index in [2.05, 4.69) is 12.1 Å². The Morgan fingerprint density at radius 2 is 2.06 bits per heavy atom. The van der Waals surface area contributed by atoms with Crippen molar-refractivity contribution in [3.63, 3.8) is 0 Å². The smallest absolute Gasteiger partial charge is 0.167 e. The minimum Gasteiger partial charge on any atom is -0.294 e. The fourth-order valence-corrected chi connectivity index (χ4v) is 3.03. The fourth-order valence-electron chi connectivity index (χ4n) is 2.34. The van der Waals surface area contributed by atoms with Crippen molar-refractivity contribution in [2.24, 2.45) is 5.92 Å². The van der Waals surface area contributed by atoms with Gasteiger partial charge in [-0.05, 0) is 30.9 Å². The van der Waals surface area contributed by atoms with Gasteiger partial charge in [0, 0.05) is 21.7 Å². The van der Waals surface area contributed by atoms with Crippen molar-refractivity contribution >= 4 is 17.1 Å². The molecule has 0 saturated heterocycles. The Hall–Kier alpha value is -1.41. The van der Waals surface area contributed by atoms with Gasteiger partial charge in [0.2, 0.25) is 0 Å².